The van der Waals surface area contributed by atoms with E-state index in [0.29, 0.717) is 12.5 Å². The average Bonchev–Trinajstić information content (AvgIpc) is 2.34. The fourth-order valence-electron chi connectivity index (χ4n) is 1.88. The summed E-state index contributed by atoms with van der Waals surface area (Å²) in [7, 11) is 0. The van der Waals surface area contributed by atoms with Crippen LogP contribution in [0.4, 0.5) is 0 Å². The molecule has 3 heteroatoms. The van der Waals surface area contributed by atoms with E-state index < -0.39 is 0 Å². The van der Waals surface area contributed by atoms with Crippen molar-refractivity contribution in [1.82, 2.24) is 4.90 Å². The van der Waals surface area contributed by atoms with Gasteiger partial charge in [-0.25, -0.2) is 0 Å². The molecule has 0 aliphatic rings. The van der Waals surface area contributed by atoms with Crippen LogP contribution in [0.3, 0.4) is 0 Å². The number of aryl methyl sites for hydroxylation is 1. The van der Waals surface area contributed by atoms with Crippen molar-refractivity contribution in [3.8, 4) is 0 Å². The van der Waals surface area contributed by atoms with Gasteiger partial charge in [-0.1, -0.05) is 31.5 Å². The molecule has 0 saturated carbocycles. The van der Waals surface area contributed by atoms with Gasteiger partial charge in [-0.3, -0.25) is 4.79 Å². The summed E-state index contributed by atoms with van der Waals surface area (Å²) in [5.74, 6) is 0.578. The van der Waals surface area contributed by atoms with Crippen molar-refractivity contribution in [1.29, 1.82) is 0 Å². The minimum absolute atomic E-state index is 0.108. The Kier molecular flexibility index (Phi) is 5.86. The van der Waals surface area contributed by atoms with E-state index in [1.807, 2.05) is 36.1 Å². The van der Waals surface area contributed by atoms with Crippen LogP contribution in [-0.4, -0.2) is 30.4 Å². The molecule has 0 saturated heterocycles. The van der Waals surface area contributed by atoms with E-state index in [-0.39, 0.29) is 5.91 Å². The molecule has 18 heavy (non-hydrogen) atoms. The molecule has 1 amide bonds. The Bertz CT molecular complexity index is 371. The quantitative estimate of drug-likeness (QED) is 0.840. The number of hydrogen-bond acceptors (Lipinski definition) is 2. The molecular weight excluding hydrogens is 224 g/mol. The summed E-state index contributed by atoms with van der Waals surface area (Å²) in [5.41, 5.74) is 7.46. The SMILES string of the molecule is Cc1ccc(C(=O)N(CCCN)CC(C)C)cc1. The third kappa shape index (κ3) is 4.49. The number of rotatable bonds is 6. The smallest absolute Gasteiger partial charge is 0.253 e. The fraction of sp³-hybridized carbons (Fsp3) is 0.533. The third-order valence-corrected chi connectivity index (χ3v) is 2.80. The zero-order valence-corrected chi connectivity index (χ0v) is 11.6. The molecule has 0 heterocycles. The van der Waals surface area contributed by atoms with Gasteiger partial charge in [0.1, 0.15) is 0 Å². The minimum Gasteiger partial charge on any atom is -0.338 e. The molecule has 2 N–H and O–H groups in total. The van der Waals surface area contributed by atoms with Crippen molar-refractivity contribution in [3.05, 3.63) is 35.4 Å². The van der Waals surface area contributed by atoms with Crippen LogP contribution in [0.15, 0.2) is 24.3 Å². The van der Waals surface area contributed by atoms with Gasteiger partial charge in [0.05, 0.1) is 0 Å². The van der Waals surface area contributed by atoms with Gasteiger partial charge in [0.25, 0.3) is 5.91 Å². The van der Waals surface area contributed by atoms with E-state index in [9.17, 15) is 4.79 Å². The van der Waals surface area contributed by atoms with Crippen molar-refractivity contribution in [2.45, 2.75) is 27.2 Å². The van der Waals surface area contributed by atoms with Gasteiger partial charge in [-0.15, -0.1) is 0 Å². The average molecular weight is 248 g/mol. The number of benzene rings is 1. The lowest BCUT2D eigenvalue weighted by atomic mass is 10.1. The minimum atomic E-state index is 0.108. The van der Waals surface area contributed by atoms with Crippen LogP contribution < -0.4 is 5.73 Å². The highest BCUT2D eigenvalue weighted by atomic mass is 16.2. The summed E-state index contributed by atoms with van der Waals surface area (Å²) >= 11 is 0. The van der Waals surface area contributed by atoms with Crippen LogP contribution in [0.25, 0.3) is 0 Å². The normalized spacial score (nSPS) is 10.7. The first-order valence-electron chi connectivity index (χ1n) is 6.60. The summed E-state index contributed by atoms with van der Waals surface area (Å²) in [6.45, 7) is 8.41. The maximum atomic E-state index is 12.4. The number of nitrogens with zero attached hydrogens (tertiary/aromatic N) is 1. The molecule has 0 aliphatic heterocycles. The van der Waals surface area contributed by atoms with Crippen molar-refractivity contribution in [3.63, 3.8) is 0 Å². The van der Waals surface area contributed by atoms with Gasteiger partial charge in [-0.05, 0) is 37.9 Å². The van der Waals surface area contributed by atoms with E-state index in [2.05, 4.69) is 13.8 Å². The molecular formula is C15H24N2O. The second-order valence-corrected chi connectivity index (χ2v) is 5.15. The van der Waals surface area contributed by atoms with Crippen molar-refractivity contribution < 1.29 is 4.79 Å². The molecule has 0 radical (unpaired) electrons. The van der Waals surface area contributed by atoms with Gasteiger partial charge < -0.3 is 10.6 Å². The molecule has 3 nitrogen and oxygen atoms in total. The van der Waals surface area contributed by atoms with Gasteiger partial charge in [0.15, 0.2) is 0 Å². The van der Waals surface area contributed by atoms with Crippen molar-refractivity contribution >= 4 is 5.91 Å². The Balaban J connectivity index is 2.77. The molecule has 0 spiro atoms. The van der Waals surface area contributed by atoms with Gasteiger partial charge in [0.2, 0.25) is 0 Å². The predicted molar refractivity (Wildman–Crippen MR) is 75.6 cm³/mol. The Hall–Kier alpha value is -1.35. The largest absolute Gasteiger partial charge is 0.338 e. The fourth-order valence-corrected chi connectivity index (χ4v) is 1.88. The number of nitrogens with two attached hydrogens (primary N) is 1. The lowest BCUT2D eigenvalue weighted by Gasteiger charge is -2.24. The molecule has 100 valence electrons. The highest BCUT2D eigenvalue weighted by molar-refractivity contribution is 5.94. The van der Waals surface area contributed by atoms with Crippen LogP contribution in [0.5, 0.6) is 0 Å². The van der Waals surface area contributed by atoms with E-state index in [1.165, 1.54) is 5.56 Å². The lowest BCUT2D eigenvalue weighted by Crippen LogP contribution is -2.35. The van der Waals surface area contributed by atoms with Gasteiger partial charge in [-0.2, -0.15) is 0 Å². The predicted octanol–water partition coefficient (Wildman–Crippen LogP) is 2.44. The molecule has 0 aromatic heterocycles. The summed E-state index contributed by atoms with van der Waals surface area (Å²) < 4.78 is 0. The molecule has 1 aromatic carbocycles. The first kappa shape index (κ1) is 14.7. The second kappa shape index (κ2) is 7.17. The Morgan fingerprint density at radius 2 is 1.89 bits per heavy atom. The van der Waals surface area contributed by atoms with Crippen molar-refractivity contribution in [2.75, 3.05) is 19.6 Å². The Morgan fingerprint density at radius 1 is 1.28 bits per heavy atom. The maximum absolute atomic E-state index is 12.4. The monoisotopic (exact) mass is 248 g/mol. The molecule has 0 atom stereocenters. The lowest BCUT2D eigenvalue weighted by molar-refractivity contribution is 0.0735. The first-order chi connectivity index (χ1) is 8.54. The van der Waals surface area contributed by atoms with Crippen LogP contribution >= 0.6 is 0 Å². The summed E-state index contributed by atoms with van der Waals surface area (Å²) in [4.78, 5) is 14.3. The van der Waals surface area contributed by atoms with Crippen LogP contribution in [0, 0.1) is 12.8 Å². The van der Waals surface area contributed by atoms with E-state index in [0.717, 1.165) is 25.1 Å². The molecule has 0 bridgehead atoms. The van der Waals surface area contributed by atoms with E-state index >= 15 is 0 Å². The third-order valence-electron chi connectivity index (χ3n) is 2.80. The van der Waals surface area contributed by atoms with Gasteiger partial charge >= 0.3 is 0 Å². The summed E-state index contributed by atoms with van der Waals surface area (Å²) in [6.07, 6.45) is 0.852. The second-order valence-electron chi connectivity index (χ2n) is 5.15. The van der Waals surface area contributed by atoms with Gasteiger partial charge in [0, 0.05) is 18.7 Å². The molecule has 0 unspecified atom stereocenters. The number of amides is 1. The Labute approximate surface area is 110 Å². The standard InChI is InChI=1S/C15H24N2O/c1-12(2)11-17(10-4-9-16)15(18)14-7-5-13(3)6-8-14/h5-8,12H,4,9-11,16H2,1-3H3. The van der Waals surface area contributed by atoms with E-state index in [1.54, 1.807) is 0 Å². The van der Waals surface area contributed by atoms with E-state index in [4.69, 9.17) is 5.73 Å². The molecule has 0 aliphatic carbocycles. The van der Waals surface area contributed by atoms with Crippen LogP contribution in [0.1, 0.15) is 36.2 Å². The number of hydrogen-bond donors (Lipinski definition) is 1. The van der Waals surface area contributed by atoms with Crippen molar-refractivity contribution in [2.24, 2.45) is 11.7 Å². The summed E-state index contributed by atoms with van der Waals surface area (Å²) in [5, 5.41) is 0. The summed E-state index contributed by atoms with van der Waals surface area (Å²) in [6, 6.07) is 7.74. The Morgan fingerprint density at radius 3 is 2.39 bits per heavy atom. The topological polar surface area (TPSA) is 46.3 Å². The highest BCUT2D eigenvalue weighted by Gasteiger charge is 2.16. The number of carbonyl (C=O) groups excluding carboxylic acids is 1. The number of carbonyl (C=O) groups is 1. The highest BCUT2D eigenvalue weighted by Crippen LogP contribution is 2.09. The zero-order chi connectivity index (χ0) is 13.5. The van der Waals surface area contributed by atoms with Crippen LogP contribution in [0.2, 0.25) is 0 Å². The molecule has 1 rings (SSSR count). The molecule has 0 fully saturated rings. The molecule has 1 aromatic rings. The zero-order valence-electron chi connectivity index (χ0n) is 11.6. The maximum Gasteiger partial charge on any atom is 0.253 e. The van der Waals surface area contributed by atoms with Crippen LogP contribution in [-0.2, 0) is 0 Å². The first-order valence-corrected chi connectivity index (χ1v) is 6.60.